The van der Waals surface area contributed by atoms with Crippen LogP contribution in [0.3, 0.4) is 0 Å². The van der Waals surface area contributed by atoms with Crippen molar-refractivity contribution in [2.75, 3.05) is 25.6 Å². The fourth-order valence-electron chi connectivity index (χ4n) is 3.70. The molecule has 1 aliphatic carbocycles. The second kappa shape index (κ2) is 6.43. The Kier molecular flexibility index (Phi) is 4.49. The van der Waals surface area contributed by atoms with Crippen LogP contribution in [0.25, 0.3) is 0 Å². The molecule has 24 heavy (non-hydrogen) atoms. The largest absolute Gasteiger partial charge is 0.480 e. The predicted octanol–water partition coefficient (Wildman–Crippen LogP) is 2.34. The summed E-state index contributed by atoms with van der Waals surface area (Å²) in [6, 6.07) is 6.33. The van der Waals surface area contributed by atoms with Gasteiger partial charge >= 0.3 is 5.97 Å². The molecule has 1 aromatic rings. The number of ether oxygens (including phenoxy) is 1. The van der Waals surface area contributed by atoms with Crippen molar-refractivity contribution in [3.8, 4) is 0 Å². The zero-order valence-corrected chi connectivity index (χ0v) is 14.2. The lowest BCUT2D eigenvalue weighted by Crippen LogP contribution is -2.54. The van der Waals surface area contributed by atoms with Crippen molar-refractivity contribution >= 4 is 17.6 Å². The molecule has 1 heterocycles. The molecule has 1 spiro atoms. The molecule has 1 aliphatic heterocycles. The molecule has 6 nitrogen and oxygen atoms in total. The third-order valence-electron chi connectivity index (χ3n) is 5.03. The molecule has 1 amide bonds. The molecule has 1 atom stereocenters. The van der Waals surface area contributed by atoms with Crippen molar-refractivity contribution in [2.45, 2.75) is 43.9 Å². The summed E-state index contributed by atoms with van der Waals surface area (Å²) >= 11 is 0. The normalized spacial score (nSPS) is 22.6. The van der Waals surface area contributed by atoms with E-state index in [0.717, 1.165) is 24.9 Å². The van der Waals surface area contributed by atoms with Crippen LogP contribution in [0.2, 0.25) is 0 Å². The summed E-state index contributed by atoms with van der Waals surface area (Å²) in [5.74, 6) is -1.26. The first-order chi connectivity index (χ1) is 11.4. The molecule has 1 N–H and O–H groups in total. The van der Waals surface area contributed by atoms with Gasteiger partial charge in [0.05, 0.1) is 6.61 Å². The molecule has 0 bridgehead atoms. The summed E-state index contributed by atoms with van der Waals surface area (Å²) in [6.45, 7) is 0.0663. The summed E-state index contributed by atoms with van der Waals surface area (Å²) in [4.78, 5) is 28.2. The fraction of sp³-hybridized carbons (Fsp3) is 0.556. The smallest absolute Gasteiger partial charge is 0.328 e. The van der Waals surface area contributed by atoms with Gasteiger partial charge in [-0.3, -0.25) is 9.69 Å². The average molecular weight is 332 g/mol. The van der Waals surface area contributed by atoms with Gasteiger partial charge < -0.3 is 14.7 Å². The lowest BCUT2D eigenvalue weighted by molar-refractivity contribution is -0.143. The minimum Gasteiger partial charge on any atom is -0.480 e. The van der Waals surface area contributed by atoms with Crippen LogP contribution in [-0.2, 0) is 9.53 Å². The summed E-state index contributed by atoms with van der Waals surface area (Å²) in [5.41, 5.74) is 0.743. The minimum atomic E-state index is -1.00. The summed E-state index contributed by atoms with van der Waals surface area (Å²) < 4.78 is 5.89. The third-order valence-corrected chi connectivity index (χ3v) is 5.03. The molecule has 6 heteroatoms. The highest BCUT2D eigenvalue weighted by molar-refractivity contribution is 5.97. The van der Waals surface area contributed by atoms with Crippen LogP contribution in [0.5, 0.6) is 0 Å². The summed E-state index contributed by atoms with van der Waals surface area (Å²) in [7, 11) is 3.87. The summed E-state index contributed by atoms with van der Waals surface area (Å²) in [6.07, 6.45) is 4.42. The fourth-order valence-corrected chi connectivity index (χ4v) is 3.70. The topological polar surface area (TPSA) is 70.1 Å². The van der Waals surface area contributed by atoms with E-state index in [1.807, 2.05) is 31.1 Å². The maximum Gasteiger partial charge on any atom is 0.328 e. The lowest BCUT2D eigenvalue weighted by atomic mass is 9.89. The molecule has 1 saturated heterocycles. The van der Waals surface area contributed by atoms with Crippen LogP contribution >= 0.6 is 0 Å². The van der Waals surface area contributed by atoms with Gasteiger partial charge in [0.2, 0.25) is 0 Å². The van der Waals surface area contributed by atoms with Crippen molar-refractivity contribution in [1.82, 2.24) is 4.90 Å². The Morgan fingerprint density at radius 2 is 1.79 bits per heavy atom. The van der Waals surface area contributed by atoms with Gasteiger partial charge in [0.15, 0.2) is 6.04 Å². The number of carboxylic acid groups (broad SMARTS) is 1. The lowest BCUT2D eigenvalue weighted by Gasteiger charge is -2.41. The minimum absolute atomic E-state index is 0.0663. The van der Waals surface area contributed by atoms with Gasteiger partial charge in [-0.05, 0) is 49.9 Å². The molecule has 0 unspecified atom stereocenters. The van der Waals surface area contributed by atoms with Crippen LogP contribution in [0.4, 0.5) is 5.69 Å². The zero-order chi connectivity index (χ0) is 17.3. The van der Waals surface area contributed by atoms with E-state index in [9.17, 15) is 14.7 Å². The Morgan fingerprint density at radius 3 is 2.33 bits per heavy atom. The molecule has 0 radical (unpaired) electrons. The van der Waals surface area contributed by atoms with E-state index in [2.05, 4.69) is 0 Å². The second-order valence-corrected chi connectivity index (χ2v) is 6.79. The SMILES string of the molecule is CN(C)c1ccc(C(=O)N2[C@@H](C(=O)O)COC23CCCCC3)cc1. The monoisotopic (exact) mass is 332 g/mol. The Balaban J connectivity index is 1.92. The van der Waals surface area contributed by atoms with Crippen LogP contribution in [0.1, 0.15) is 42.5 Å². The van der Waals surface area contributed by atoms with Gasteiger partial charge in [0.1, 0.15) is 5.72 Å². The average Bonchev–Trinajstić information content (AvgIpc) is 2.93. The molecule has 130 valence electrons. The molecule has 2 aliphatic rings. The van der Waals surface area contributed by atoms with E-state index in [1.54, 1.807) is 12.1 Å². The van der Waals surface area contributed by atoms with E-state index in [1.165, 1.54) is 4.90 Å². The maximum absolute atomic E-state index is 13.1. The molecule has 0 aromatic heterocycles. The first kappa shape index (κ1) is 16.8. The number of nitrogens with zero attached hydrogens (tertiary/aromatic N) is 2. The van der Waals surface area contributed by atoms with Gasteiger partial charge in [-0.25, -0.2) is 4.79 Å². The Labute approximate surface area is 142 Å². The first-order valence-electron chi connectivity index (χ1n) is 8.42. The number of hydrogen-bond acceptors (Lipinski definition) is 4. The highest BCUT2D eigenvalue weighted by Gasteiger charge is 2.53. The second-order valence-electron chi connectivity index (χ2n) is 6.79. The van der Waals surface area contributed by atoms with Gasteiger partial charge in [-0.2, -0.15) is 0 Å². The maximum atomic E-state index is 13.1. The van der Waals surface area contributed by atoms with E-state index >= 15 is 0 Å². The highest BCUT2D eigenvalue weighted by atomic mass is 16.5. The van der Waals surface area contributed by atoms with E-state index in [0.29, 0.717) is 18.4 Å². The Morgan fingerprint density at radius 1 is 1.17 bits per heavy atom. The standard InChI is InChI=1S/C18H24N2O4/c1-19(2)14-8-6-13(7-9-14)16(21)20-15(17(22)23)12-24-18(20)10-4-3-5-11-18/h6-9,15H,3-5,10-12H2,1-2H3,(H,22,23)/t15-/m1/s1. The number of anilines is 1. The third kappa shape index (κ3) is 2.86. The Hall–Kier alpha value is -2.08. The van der Waals surface area contributed by atoms with Gasteiger partial charge in [0, 0.05) is 25.3 Å². The van der Waals surface area contributed by atoms with E-state index in [4.69, 9.17) is 4.74 Å². The highest BCUT2D eigenvalue weighted by Crippen LogP contribution is 2.41. The molecular formula is C18H24N2O4. The number of aliphatic carboxylic acids is 1. The van der Waals surface area contributed by atoms with Crippen molar-refractivity contribution in [1.29, 1.82) is 0 Å². The van der Waals surface area contributed by atoms with Gasteiger partial charge in [-0.1, -0.05) is 6.42 Å². The molecular weight excluding hydrogens is 308 g/mol. The van der Waals surface area contributed by atoms with Gasteiger partial charge in [-0.15, -0.1) is 0 Å². The van der Waals surface area contributed by atoms with Crippen molar-refractivity contribution < 1.29 is 19.4 Å². The van der Waals surface area contributed by atoms with Crippen molar-refractivity contribution in [3.05, 3.63) is 29.8 Å². The predicted molar refractivity (Wildman–Crippen MR) is 90.1 cm³/mol. The number of carbonyl (C=O) groups is 2. The molecule has 3 rings (SSSR count). The van der Waals surface area contributed by atoms with Crippen molar-refractivity contribution in [2.24, 2.45) is 0 Å². The number of carbonyl (C=O) groups excluding carboxylic acids is 1. The van der Waals surface area contributed by atoms with Gasteiger partial charge in [0.25, 0.3) is 5.91 Å². The number of rotatable bonds is 3. The molecule has 1 aromatic carbocycles. The van der Waals surface area contributed by atoms with Crippen LogP contribution in [0, 0.1) is 0 Å². The number of benzene rings is 1. The zero-order valence-electron chi connectivity index (χ0n) is 14.2. The number of hydrogen-bond donors (Lipinski definition) is 1. The number of carboxylic acids is 1. The quantitative estimate of drug-likeness (QED) is 0.920. The van der Waals surface area contributed by atoms with E-state index < -0.39 is 17.7 Å². The van der Waals surface area contributed by atoms with Crippen molar-refractivity contribution in [3.63, 3.8) is 0 Å². The first-order valence-corrected chi connectivity index (χ1v) is 8.42. The van der Waals surface area contributed by atoms with E-state index in [-0.39, 0.29) is 12.5 Å². The number of amides is 1. The Bertz CT molecular complexity index is 620. The van der Waals surface area contributed by atoms with Crippen LogP contribution in [-0.4, -0.2) is 54.4 Å². The molecule has 2 fully saturated rings. The van der Waals surface area contributed by atoms with Crippen LogP contribution < -0.4 is 4.90 Å². The van der Waals surface area contributed by atoms with Crippen LogP contribution in [0.15, 0.2) is 24.3 Å². The summed E-state index contributed by atoms with van der Waals surface area (Å²) in [5, 5.41) is 9.53. The molecule has 1 saturated carbocycles.